The highest BCUT2D eigenvalue weighted by molar-refractivity contribution is 9.10. The Morgan fingerprint density at radius 2 is 2.33 bits per heavy atom. The molecular weight excluding hydrogens is 262 g/mol. The van der Waals surface area contributed by atoms with Crippen LogP contribution < -0.4 is 4.74 Å². The zero-order valence-electron chi connectivity index (χ0n) is 8.53. The summed E-state index contributed by atoms with van der Waals surface area (Å²) < 4.78 is 5.92. The van der Waals surface area contributed by atoms with Crippen LogP contribution in [0.15, 0.2) is 16.7 Å². The highest BCUT2D eigenvalue weighted by Gasteiger charge is 2.13. The molecular formula is C10H12BrNO3. The topological polar surface area (TPSA) is 59.4 Å². The van der Waals surface area contributed by atoms with Crippen LogP contribution in [0.3, 0.4) is 0 Å². The summed E-state index contributed by atoms with van der Waals surface area (Å²) in [6.07, 6.45) is 1.52. The molecule has 0 aliphatic heterocycles. The maximum Gasteiger partial charge on any atom is 0.341 e. The van der Waals surface area contributed by atoms with Gasteiger partial charge in [0.15, 0.2) is 0 Å². The summed E-state index contributed by atoms with van der Waals surface area (Å²) in [6, 6.07) is 1.48. The van der Waals surface area contributed by atoms with Gasteiger partial charge in [-0.05, 0) is 27.9 Å². The first-order chi connectivity index (χ1) is 7.00. The summed E-state index contributed by atoms with van der Waals surface area (Å²) in [7, 11) is 0. The fourth-order valence-corrected chi connectivity index (χ4v) is 1.27. The van der Waals surface area contributed by atoms with E-state index in [1.54, 1.807) is 0 Å². The van der Waals surface area contributed by atoms with Crippen molar-refractivity contribution < 1.29 is 14.6 Å². The molecule has 15 heavy (non-hydrogen) atoms. The predicted molar refractivity (Wildman–Crippen MR) is 59.2 cm³/mol. The smallest absolute Gasteiger partial charge is 0.341 e. The number of pyridine rings is 1. The third-order valence-corrected chi connectivity index (χ3v) is 2.04. The van der Waals surface area contributed by atoms with Gasteiger partial charge in [-0.1, -0.05) is 13.8 Å². The Morgan fingerprint density at radius 3 is 2.87 bits per heavy atom. The summed E-state index contributed by atoms with van der Waals surface area (Å²) in [4.78, 5) is 14.8. The standard InChI is InChI=1S/C10H12BrNO3/c1-6(2)5-15-9-8(10(13)14)3-7(11)4-12-9/h3-4,6H,5H2,1-2H3,(H,13,14). The fourth-order valence-electron chi connectivity index (χ4n) is 0.941. The van der Waals surface area contributed by atoms with Gasteiger partial charge in [0.1, 0.15) is 5.56 Å². The van der Waals surface area contributed by atoms with E-state index >= 15 is 0 Å². The van der Waals surface area contributed by atoms with Crippen LogP contribution >= 0.6 is 15.9 Å². The molecule has 1 heterocycles. The summed E-state index contributed by atoms with van der Waals surface area (Å²) in [5, 5.41) is 8.91. The van der Waals surface area contributed by atoms with Crippen LogP contribution in [0.5, 0.6) is 5.88 Å². The molecule has 0 atom stereocenters. The molecule has 0 spiro atoms. The summed E-state index contributed by atoms with van der Waals surface area (Å²) in [5.41, 5.74) is 0.0741. The van der Waals surface area contributed by atoms with E-state index in [1.807, 2.05) is 13.8 Å². The van der Waals surface area contributed by atoms with Crippen LogP contribution in [0.4, 0.5) is 0 Å². The van der Waals surface area contributed by atoms with E-state index < -0.39 is 5.97 Å². The van der Waals surface area contributed by atoms with Crippen molar-refractivity contribution in [1.29, 1.82) is 0 Å². The number of halogens is 1. The molecule has 0 saturated carbocycles. The van der Waals surface area contributed by atoms with Crippen LogP contribution in [-0.2, 0) is 0 Å². The Kier molecular flexibility index (Phi) is 4.08. The van der Waals surface area contributed by atoms with Crippen molar-refractivity contribution in [1.82, 2.24) is 4.98 Å². The number of aromatic carboxylic acids is 1. The zero-order valence-corrected chi connectivity index (χ0v) is 10.1. The molecule has 0 unspecified atom stereocenters. The van der Waals surface area contributed by atoms with Crippen molar-refractivity contribution in [3.63, 3.8) is 0 Å². The van der Waals surface area contributed by atoms with Gasteiger partial charge in [-0.15, -0.1) is 0 Å². The van der Waals surface area contributed by atoms with Gasteiger partial charge >= 0.3 is 5.97 Å². The lowest BCUT2D eigenvalue weighted by Gasteiger charge is -2.09. The van der Waals surface area contributed by atoms with Gasteiger partial charge in [0.05, 0.1) is 6.61 Å². The van der Waals surface area contributed by atoms with Crippen molar-refractivity contribution >= 4 is 21.9 Å². The van der Waals surface area contributed by atoms with Gasteiger partial charge in [-0.3, -0.25) is 0 Å². The first-order valence-electron chi connectivity index (χ1n) is 4.52. The maximum absolute atomic E-state index is 10.9. The molecule has 5 heteroatoms. The Labute approximate surface area is 96.4 Å². The van der Waals surface area contributed by atoms with Crippen LogP contribution in [-0.4, -0.2) is 22.7 Å². The third-order valence-electron chi connectivity index (χ3n) is 1.60. The molecule has 1 aromatic heterocycles. The van der Waals surface area contributed by atoms with E-state index in [1.165, 1.54) is 12.3 Å². The second kappa shape index (κ2) is 5.11. The summed E-state index contributed by atoms with van der Waals surface area (Å²) in [5.74, 6) is -0.543. The average Bonchev–Trinajstić information content (AvgIpc) is 2.15. The van der Waals surface area contributed by atoms with Gasteiger partial charge in [0, 0.05) is 10.7 Å². The predicted octanol–water partition coefficient (Wildman–Crippen LogP) is 2.58. The molecule has 0 bridgehead atoms. The minimum Gasteiger partial charge on any atom is -0.477 e. The lowest BCUT2D eigenvalue weighted by atomic mass is 10.2. The van der Waals surface area contributed by atoms with Gasteiger partial charge in [0.25, 0.3) is 0 Å². The van der Waals surface area contributed by atoms with E-state index in [0.717, 1.165) is 0 Å². The van der Waals surface area contributed by atoms with Gasteiger partial charge in [0.2, 0.25) is 5.88 Å². The quantitative estimate of drug-likeness (QED) is 0.916. The molecule has 0 fully saturated rings. The zero-order chi connectivity index (χ0) is 11.4. The fraction of sp³-hybridized carbons (Fsp3) is 0.400. The number of hydrogen-bond donors (Lipinski definition) is 1. The van der Waals surface area contributed by atoms with E-state index in [0.29, 0.717) is 17.0 Å². The second-order valence-corrected chi connectivity index (χ2v) is 4.43. The molecule has 0 radical (unpaired) electrons. The van der Waals surface area contributed by atoms with Crippen molar-refractivity contribution in [2.24, 2.45) is 5.92 Å². The summed E-state index contributed by atoms with van der Waals surface area (Å²) in [6.45, 7) is 4.42. The molecule has 0 aliphatic carbocycles. The average molecular weight is 274 g/mol. The molecule has 0 aromatic carbocycles. The number of aromatic nitrogens is 1. The van der Waals surface area contributed by atoms with Gasteiger partial charge in [-0.25, -0.2) is 9.78 Å². The second-order valence-electron chi connectivity index (χ2n) is 3.52. The van der Waals surface area contributed by atoms with Crippen LogP contribution in [0, 0.1) is 5.92 Å². The van der Waals surface area contributed by atoms with Crippen molar-refractivity contribution in [2.45, 2.75) is 13.8 Å². The highest BCUT2D eigenvalue weighted by atomic mass is 79.9. The molecule has 1 N–H and O–H groups in total. The van der Waals surface area contributed by atoms with Crippen LogP contribution in [0.1, 0.15) is 24.2 Å². The van der Waals surface area contributed by atoms with Crippen molar-refractivity contribution in [3.05, 3.63) is 22.3 Å². The molecule has 0 saturated heterocycles. The third kappa shape index (κ3) is 3.51. The van der Waals surface area contributed by atoms with E-state index in [-0.39, 0.29) is 11.4 Å². The van der Waals surface area contributed by atoms with E-state index in [9.17, 15) is 4.79 Å². The molecule has 82 valence electrons. The first kappa shape index (κ1) is 12.0. The molecule has 0 amide bonds. The minimum absolute atomic E-state index is 0.0741. The number of carboxylic acids is 1. The number of nitrogens with zero attached hydrogens (tertiary/aromatic N) is 1. The Hall–Kier alpha value is -1.10. The molecule has 0 aliphatic rings. The Bertz CT molecular complexity index is 366. The Balaban J connectivity index is 2.91. The van der Waals surface area contributed by atoms with Crippen LogP contribution in [0.2, 0.25) is 0 Å². The lowest BCUT2D eigenvalue weighted by Crippen LogP contribution is -2.09. The number of hydrogen-bond acceptors (Lipinski definition) is 3. The minimum atomic E-state index is -1.04. The van der Waals surface area contributed by atoms with Crippen molar-refractivity contribution in [3.8, 4) is 5.88 Å². The van der Waals surface area contributed by atoms with Crippen molar-refractivity contribution in [2.75, 3.05) is 6.61 Å². The Morgan fingerprint density at radius 1 is 1.67 bits per heavy atom. The number of ether oxygens (including phenoxy) is 1. The molecule has 4 nitrogen and oxygen atoms in total. The van der Waals surface area contributed by atoms with E-state index in [4.69, 9.17) is 9.84 Å². The molecule has 1 rings (SSSR count). The monoisotopic (exact) mass is 273 g/mol. The largest absolute Gasteiger partial charge is 0.477 e. The number of rotatable bonds is 4. The van der Waals surface area contributed by atoms with Gasteiger partial charge < -0.3 is 9.84 Å². The van der Waals surface area contributed by atoms with Crippen LogP contribution in [0.25, 0.3) is 0 Å². The molecule has 1 aromatic rings. The highest BCUT2D eigenvalue weighted by Crippen LogP contribution is 2.20. The number of carboxylic acid groups (broad SMARTS) is 1. The lowest BCUT2D eigenvalue weighted by molar-refractivity contribution is 0.0690. The maximum atomic E-state index is 10.9. The summed E-state index contributed by atoms with van der Waals surface area (Å²) >= 11 is 3.16. The van der Waals surface area contributed by atoms with E-state index in [2.05, 4.69) is 20.9 Å². The van der Waals surface area contributed by atoms with Gasteiger partial charge in [-0.2, -0.15) is 0 Å². The SMILES string of the molecule is CC(C)COc1ncc(Br)cc1C(=O)O. The number of carbonyl (C=O) groups is 1. The normalized spacial score (nSPS) is 10.4. The first-order valence-corrected chi connectivity index (χ1v) is 5.31.